The van der Waals surface area contributed by atoms with Gasteiger partial charge in [-0.05, 0) is 19.9 Å². The van der Waals surface area contributed by atoms with Gasteiger partial charge in [-0.15, -0.1) is 0 Å². The third-order valence-electron chi connectivity index (χ3n) is 3.34. The Morgan fingerprint density at radius 2 is 2.12 bits per heavy atom. The molecule has 17 heavy (non-hydrogen) atoms. The molecule has 98 valence electrons. The second kappa shape index (κ2) is 6.17. The van der Waals surface area contributed by atoms with Crippen LogP contribution in [0.2, 0.25) is 0 Å². The summed E-state index contributed by atoms with van der Waals surface area (Å²) in [6.45, 7) is 7.63. The van der Waals surface area contributed by atoms with Crippen LogP contribution in [0.1, 0.15) is 38.8 Å². The third-order valence-corrected chi connectivity index (χ3v) is 3.34. The van der Waals surface area contributed by atoms with E-state index >= 15 is 0 Å². The van der Waals surface area contributed by atoms with E-state index in [1.54, 1.807) is 0 Å². The van der Waals surface area contributed by atoms with Crippen LogP contribution in [-0.2, 0) is 7.05 Å². The number of hydrogen-bond acceptors (Lipinski definition) is 3. The minimum atomic E-state index is 0.105. The van der Waals surface area contributed by atoms with Gasteiger partial charge in [-0.3, -0.25) is 9.58 Å². The Morgan fingerprint density at radius 3 is 2.53 bits per heavy atom. The van der Waals surface area contributed by atoms with Gasteiger partial charge >= 0.3 is 0 Å². The van der Waals surface area contributed by atoms with Gasteiger partial charge in [0.1, 0.15) is 0 Å². The Kier molecular flexibility index (Phi) is 5.15. The highest BCUT2D eigenvalue weighted by molar-refractivity contribution is 5.12. The van der Waals surface area contributed by atoms with E-state index < -0.39 is 0 Å². The minimum absolute atomic E-state index is 0.105. The van der Waals surface area contributed by atoms with Crippen molar-refractivity contribution >= 4 is 0 Å². The molecule has 0 aromatic carbocycles. The first-order valence-corrected chi connectivity index (χ1v) is 6.40. The van der Waals surface area contributed by atoms with Crippen molar-refractivity contribution in [3.63, 3.8) is 0 Å². The SMILES string of the molecule is CCC(C)CN(C)C(c1cnn(C)c1)C(C)N. The lowest BCUT2D eigenvalue weighted by Crippen LogP contribution is -2.39. The number of rotatable bonds is 6. The summed E-state index contributed by atoms with van der Waals surface area (Å²) in [5.74, 6) is 0.693. The van der Waals surface area contributed by atoms with Crippen molar-refractivity contribution in [2.24, 2.45) is 18.7 Å². The molecule has 0 amide bonds. The second-order valence-corrected chi connectivity index (χ2v) is 5.20. The summed E-state index contributed by atoms with van der Waals surface area (Å²) in [6, 6.07) is 0.353. The molecule has 0 bridgehead atoms. The Bertz CT molecular complexity index is 332. The van der Waals surface area contributed by atoms with Crippen LogP contribution in [0.25, 0.3) is 0 Å². The fourth-order valence-electron chi connectivity index (χ4n) is 2.29. The predicted octanol–water partition coefficient (Wildman–Crippen LogP) is 1.79. The Balaban J connectivity index is 2.79. The van der Waals surface area contributed by atoms with Crippen molar-refractivity contribution in [3.05, 3.63) is 18.0 Å². The highest BCUT2D eigenvalue weighted by Crippen LogP contribution is 2.22. The summed E-state index contributed by atoms with van der Waals surface area (Å²) in [5.41, 5.74) is 7.32. The fraction of sp³-hybridized carbons (Fsp3) is 0.769. The Labute approximate surface area is 105 Å². The topological polar surface area (TPSA) is 47.1 Å². The summed E-state index contributed by atoms with van der Waals surface area (Å²) in [6.07, 6.45) is 5.17. The largest absolute Gasteiger partial charge is 0.326 e. The van der Waals surface area contributed by atoms with Crippen LogP contribution < -0.4 is 5.73 Å². The lowest BCUT2D eigenvalue weighted by Gasteiger charge is -2.32. The van der Waals surface area contributed by atoms with Crippen LogP contribution in [0.5, 0.6) is 0 Å². The Morgan fingerprint density at radius 1 is 1.47 bits per heavy atom. The molecule has 0 fully saturated rings. The minimum Gasteiger partial charge on any atom is -0.326 e. The zero-order chi connectivity index (χ0) is 13.0. The highest BCUT2D eigenvalue weighted by Gasteiger charge is 2.23. The summed E-state index contributed by atoms with van der Waals surface area (Å²) in [7, 11) is 4.09. The van der Waals surface area contributed by atoms with Crippen molar-refractivity contribution in [1.29, 1.82) is 0 Å². The molecule has 4 heteroatoms. The molecular weight excluding hydrogens is 212 g/mol. The summed E-state index contributed by atoms with van der Waals surface area (Å²) in [4.78, 5) is 2.34. The third kappa shape index (κ3) is 3.82. The van der Waals surface area contributed by atoms with Gasteiger partial charge in [0, 0.05) is 31.4 Å². The number of aromatic nitrogens is 2. The lowest BCUT2D eigenvalue weighted by atomic mass is 10.0. The van der Waals surface area contributed by atoms with Gasteiger partial charge in [-0.1, -0.05) is 20.3 Å². The van der Waals surface area contributed by atoms with E-state index in [4.69, 9.17) is 5.73 Å². The van der Waals surface area contributed by atoms with E-state index in [-0.39, 0.29) is 12.1 Å². The quantitative estimate of drug-likeness (QED) is 0.822. The Hall–Kier alpha value is -0.870. The molecule has 0 aliphatic carbocycles. The molecule has 0 radical (unpaired) electrons. The molecule has 1 heterocycles. The molecule has 0 saturated heterocycles. The monoisotopic (exact) mass is 238 g/mol. The molecule has 1 aromatic rings. The van der Waals surface area contributed by atoms with Crippen molar-refractivity contribution in [2.45, 2.75) is 39.3 Å². The van der Waals surface area contributed by atoms with Crippen LogP contribution >= 0.6 is 0 Å². The van der Waals surface area contributed by atoms with E-state index in [9.17, 15) is 0 Å². The van der Waals surface area contributed by atoms with Crippen LogP contribution in [0.4, 0.5) is 0 Å². The molecule has 0 aliphatic heterocycles. The normalized spacial score (nSPS) is 17.1. The first-order chi connectivity index (χ1) is 7.95. The maximum Gasteiger partial charge on any atom is 0.0538 e. The maximum atomic E-state index is 6.12. The van der Waals surface area contributed by atoms with Gasteiger partial charge in [0.15, 0.2) is 0 Å². The van der Waals surface area contributed by atoms with E-state index in [0.29, 0.717) is 5.92 Å². The molecule has 3 unspecified atom stereocenters. The molecule has 1 rings (SSSR count). The van der Waals surface area contributed by atoms with Crippen molar-refractivity contribution in [1.82, 2.24) is 14.7 Å². The van der Waals surface area contributed by atoms with Gasteiger partial charge in [-0.2, -0.15) is 5.10 Å². The van der Waals surface area contributed by atoms with E-state index in [1.165, 1.54) is 12.0 Å². The van der Waals surface area contributed by atoms with Gasteiger partial charge in [-0.25, -0.2) is 0 Å². The van der Waals surface area contributed by atoms with Gasteiger partial charge in [0.25, 0.3) is 0 Å². The van der Waals surface area contributed by atoms with Crippen LogP contribution in [0.15, 0.2) is 12.4 Å². The standard InChI is InChI=1S/C13H26N4/c1-6-10(2)8-16(4)13(11(3)14)12-7-15-17(5)9-12/h7,9-11,13H,6,8,14H2,1-5H3. The van der Waals surface area contributed by atoms with Gasteiger partial charge in [0.2, 0.25) is 0 Å². The molecule has 2 N–H and O–H groups in total. The van der Waals surface area contributed by atoms with Gasteiger partial charge in [0.05, 0.1) is 12.2 Å². The van der Waals surface area contributed by atoms with Crippen molar-refractivity contribution in [3.8, 4) is 0 Å². The number of aryl methyl sites for hydroxylation is 1. The molecule has 0 saturated carbocycles. The fourth-order valence-corrected chi connectivity index (χ4v) is 2.29. The number of nitrogens with two attached hydrogens (primary N) is 1. The zero-order valence-corrected chi connectivity index (χ0v) is 11.7. The van der Waals surface area contributed by atoms with E-state index in [2.05, 4.69) is 44.0 Å². The average Bonchev–Trinajstić information content (AvgIpc) is 2.64. The number of nitrogens with zero attached hydrogens (tertiary/aromatic N) is 3. The maximum absolute atomic E-state index is 6.12. The van der Waals surface area contributed by atoms with Gasteiger partial charge < -0.3 is 5.73 Å². The number of hydrogen-bond donors (Lipinski definition) is 1. The van der Waals surface area contributed by atoms with E-state index in [0.717, 1.165) is 6.54 Å². The average molecular weight is 238 g/mol. The summed E-state index contributed by atoms with van der Waals surface area (Å²) >= 11 is 0. The van der Waals surface area contributed by atoms with Crippen LogP contribution in [0, 0.1) is 5.92 Å². The smallest absolute Gasteiger partial charge is 0.0538 e. The molecule has 1 aromatic heterocycles. The summed E-state index contributed by atoms with van der Waals surface area (Å²) in [5, 5.41) is 4.24. The molecule has 4 nitrogen and oxygen atoms in total. The molecule has 0 spiro atoms. The second-order valence-electron chi connectivity index (χ2n) is 5.20. The molecular formula is C13H26N4. The molecule has 0 aliphatic rings. The molecule has 3 atom stereocenters. The summed E-state index contributed by atoms with van der Waals surface area (Å²) < 4.78 is 1.84. The lowest BCUT2D eigenvalue weighted by molar-refractivity contribution is 0.190. The van der Waals surface area contributed by atoms with E-state index in [1.807, 2.05) is 17.9 Å². The van der Waals surface area contributed by atoms with Crippen LogP contribution in [-0.4, -0.2) is 34.3 Å². The van der Waals surface area contributed by atoms with Crippen molar-refractivity contribution < 1.29 is 0 Å². The highest BCUT2D eigenvalue weighted by atomic mass is 15.2. The first-order valence-electron chi connectivity index (χ1n) is 6.40. The van der Waals surface area contributed by atoms with Crippen LogP contribution in [0.3, 0.4) is 0 Å². The first kappa shape index (κ1) is 14.2. The van der Waals surface area contributed by atoms with Crippen molar-refractivity contribution in [2.75, 3.05) is 13.6 Å². The zero-order valence-electron chi connectivity index (χ0n) is 11.7. The predicted molar refractivity (Wildman–Crippen MR) is 71.7 cm³/mol. The number of likely N-dealkylation sites (N-methyl/N-ethyl adjacent to an activating group) is 1.